The Hall–Kier alpha value is -0.940. The first-order valence-electron chi connectivity index (χ1n) is 6.28. The molecule has 98 valence electrons. The third-order valence-electron chi connectivity index (χ3n) is 2.95. The lowest BCUT2D eigenvalue weighted by Gasteiger charge is -2.22. The maximum Gasteiger partial charge on any atom is 0.225 e. The minimum absolute atomic E-state index is 0.00484. The Balaban J connectivity index is 1.74. The van der Waals surface area contributed by atoms with E-state index >= 15 is 0 Å². The molecule has 0 spiro atoms. The number of ether oxygens (including phenoxy) is 1. The zero-order valence-electron chi connectivity index (χ0n) is 10.2. The lowest BCUT2D eigenvalue weighted by molar-refractivity contribution is -0.117. The van der Waals surface area contributed by atoms with Crippen LogP contribution in [0.25, 0.3) is 0 Å². The molecule has 0 aromatic carbocycles. The predicted molar refractivity (Wildman–Crippen MR) is 73.4 cm³/mol. The van der Waals surface area contributed by atoms with E-state index in [0.717, 1.165) is 30.5 Å². The molecule has 1 aliphatic rings. The number of nitrogens with one attached hydrogen (secondary N) is 1. The average Bonchev–Trinajstić information content (AvgIpc) is 2.38. The van der Waals surface area contributed by atoms with Crippen LogP contribution in [0.4, 0.5) is 5.82 Å². The Labute approximate surface area is 115 Å². The third kappa shape index (κ3) is 4.38. The van der Waals surface area contributed by atoms with E-state index in [1.54, 1.807) is 6.07 Å². The van der Waals surface area contributed by atoms with Gasteiger partial charge in [0.2, 0.25) is 5.91 Å². The van der Waals surface area contributed by atoms with Crippen LogP contribution in [0.5, 0.6) is 0 Å². The molecule has 1 atom stereocenters. The van der Waals surface area contributed by atoms with Gasteiger partial charge < -0.3 is 10.1 Å². The summed E-state index contributed by atoms with van der Waals surface area (Å²) in [7, 11) is 0. The van der Waals surface area contributed by atoms with Crippen molar-refractivity contribution in [2.45, 2.75) is 38.2 Å². The highest BCUT2D eigenvalue weighted by molar-refractivity contribution is 9.10. The summed E-state index contributed by atoms with van der Waals surface area (Å²) in [4.78, 5) is 15.9. The Kier molecular flexibility index (Phi) is 5.13. The molecular formula is C13H17BrN2O2. The Morgan fingerprint density at radius 1 is 1.50 bits per heavy atom. The van der Waals surface area contributed by atoms with E-state index in [2.05, 4.69) is 26.2 Å². The van der Waals surface area contributed by atoms with Gasteiger partial charge >= 0.3 is 0 Å². The van der Waals surface area contributed by atoms with Gasteiger partial charge in [-0.15, -0.1) is 0 Å². The highest BCUT2D eigenvalue weighted by Crippen LogP contribution is 2.17. The van der Waals surface area contributed by atoms with Crippen molar-refractivity contribution in [1.82, 2.24) is 4.98 Å². The van der Waals surface area contributed by atoms with Gasteiger partial charge in [-0.25, -0.2) is 4.98 Å². The van der Waals surface area contributed by atoms with Crippen LogP contribution in [0.3, 0.4) is 0 Å². The molecule has 1 amide bonds. The zero-order chi connectivity index (χ0) is 12.8. The zero-order valence-corrected chi connectivity index (χ0v) is 11.8. The first kappa shape index (κ1) is 13.5. The molecular weight excluding hydrogens is 296 g/mol. The quantitative estimate of drug-likeness (QED) is 0.869. The summed E-state index contributed by atoms with van der Waals surface area (Å²) >= 11 is 3.27. The summed E-state index contributed by atoms with van der Waals surface area (Å²) in [6.07, 6.45) is 4.95. The fourth-order valence-electron chi connectivity index (χ4n) is 2.01. The van der Waals surface area contributed by atoms with E-state index in [1.165, 1.54) is 6.42 Å². The molecule has 0 radical (unpaired) electrons. The van der Waals surface area contributed by atoms with Gasteiger partial charge in [-0.05, 0) is 53.7 Å². The Morgan fingerprint density at radius 2 is 2.39 bits per heavy atom. The second kappa shape index (κ2) is 6.85. The van der Waals surface area contributed by atoms with Crippen molar-refractivity contribution >= 4 is 27.7 Å². The lowest BCUT2D eigenvalue weighted by atomic mass is 10.0. The van der Waals surface area contributed by atoms with Gasteiger partial charge in [-0.2, -0.15) is 0 Å². The number of anilines is 1. The van der Waals surface area contributed by atoms with Crippen molar-refractivity contribution in [2.24, 2.45) is 0 Å². The SMILES string of the molecule is O=C(CCC1CCCCO1)Nc1cccc(Br)n1. The summed E-state index contributed by atoms with van der Waals surface area (Å²) in [5.41, 5.74) is 0. The molecule has 0 bridgehead atoms. The van der Waals surface area contributed by atoms with Crippen molar-refractivity contribution in [3.05, 3.63) is 22.8 Å². The second-order valence-electron chi connectivity index (χ2n) is 4.42. The van der Waals surface area contributed by atoms with Gasteiger partial charge in [-0.1, -0.05) is 6.07 Å². The van der Waals surface area contributed by atoms with Gasteiger partial charge in [0, 0.05) is 13.0 Å². The number of aromatic nitrogens is 1. The third-order valence-corrected chi connectivity index (χ3v) is 3.39. The average molecular weight is 313 g/mol. The van der Waals surface area contributed by atoms with Crippen LogP contribution in [-0.4, -0.2) is 23.6 Å². The maximum absolute atomic E-state index is 11.7. The van der Waals surface area contributed by atoms with Crippen LogP contribution in [0, 0.1) is 0 Å². The summed E-state index contributed by atoms with van der Waals surface area (Å²) < 4.78 is 6.31. The molecule has 1 aromatic rings. The number of hydrogen-bond donors (Lipinski definition) is 1. The predicted octanol–water partition coefficient (Wildman–Crippen LogP) is 3.13. The monoisotopic (exact) mass is 312 g/mol. The van der Waals surface area contributed by atoms with Crippen LogP contribution in [0.1, 0.15) is 32.1 Å². The molecule has 0 saturated carbocycles. The topological polar surface area (TPSA) is 51.2 Å². The molecule has 1 N–H and O–H groups in total. The fourth-order valence-corrected chi connectivity index (χ4v) is 2.35. The molecule has 5 heteroatoms. The summed E-state index contributed by atoms with van der Waals surface area (Å²) in [6.45, 7) is 0.833. The largest absolute Gasteiger partial charge is 0.378 e. The number of carbonyl (C=O) groups excluding carboxylic acids is 1. The molecule has 1 saturated heterocycles. The molecule has 1 fully saturated rings. The number of nitrogens with zero attached hydrogens (tertiary/aromatic N) is 1. The van der Waals surface area contributed by atoms with Crippen LogP contribution in [0.15, 0.2) is 22.8 Å². The van der Waals surface area contributed by atoms with Gasteiger partial charge in [0.1, 0.15) is 10.4 Å². The standard InChI is InChI=1S/C13H17BrN2O2/c14-11-5-3-6-12(15-11)16-13(17)8-7-10-4-1-2-9-18-10/h3,5-6,10H,1-2,4,7-9H2,(H,15,16,17). The van der Waals surface area contributed by atoms with E-state index in [4.69, 9.17) is 4.74 Å². The second-order valence-corrected chi connectivity index (χ2v) is 5.23. The smallest absolute Gasteiger partial charge is 0.225 e. The van der Waals surface area contributed by atoms with Crippen LogP contribution < -0.4 is 5.32 Å². The van der Waals surface area contributed by atoms with E-state index in [9.17, 15) is 4.79 Å². The fraction of sp³-hybridized carbons (Fsp3) is 0.538. The van der Waals surface area contributed by atoms with E-state index in [-0.39, 0.29) is 12.0 Å². The van der Waals surface area contributed by atoms with Crippen LogP contribution in [-0.2, 0) is 9.53 Å². The van der Waals surface area contributed by atoms with E-state index in [0.29, 0.717) is 12.2 Å². The molecule has 4 nitrogen and oxygen atoms in total. The maximum atomic E-state index is 11.7. The molecule has 2 heterocycles. The summed E-state index contributed by atoms with van der Waals surface area (Å²) in [5.74, 6) is 0.578. The van der Waals surface area contributed by atoms with Gasteiger partial charge in [0.05, 0.1) is 6.10 Å². The van der Waals surface area contributed by atoms with E-state index < -0.39 is 0 Å². The van der Waals surface area contributed by atoms with Crippen molar-refractivity contribution in [3.63, 3.8) is 0 Å². The number of carbonyl (C=O) groups is 1. The van der Waals surface area contributed by atoms with Crippen LogP contribution >= 0.6 is 15.9 Å². The summed E-state index contributed by atoms with van der Waals surface area (Å²) in [6, 6.07) is 5.45. The molecule has 1 unspecified atom stereocenters. The van der Waals surface area contributed by atoms with Crippen molar-refractivity contribution in [2.75, 3.05) is 11.9 Å². The van der Waals surface area contributed by atoms with Crippen molar-refractivity contribution < 1.29 is 9.53 Å². The number of amides is 1. The first-order valence-corrected chi connectivity index (χ1v) is 7.07. The number of pyridine rings is 1. The van der Waals surface area contributed by atoms with E-state index in [1.807, 2.05) is 12.1 Å². The molecule has 1 aromatic heterocycles. The van der Waals surface area contributed by atoms with Gasteiger partial charge in [0.25, 0.3) is 0 Å². The first-order chi connectivity index (χ1) is 8.74. The Bertz CT molecular complexity index is 406. The molecule has 1 aliphatic heterocycles. The van der Waals surface area contributed by atoms with Gasteiger partial charge in [-0.3, -0.25) is 4.79 Å². The number of hydrogen-bond acceptors (Lipinski definition) is 3. The normalized spacial score (nSPS) is 19.5. The Morgan fingerprint density at radius 3 is 3.11 bits per heavy atom. The summed E-state index contributed by atoms with van der Waals surface area (Å²) in [5, 5.41) is 2.79. The minimum atomic E-state index is -0.00484. The minimum Gasteiger partial charge on any atom is -0.378 e. The lowest BCUT2D eigenvalue weighted by Crippen LogP contribution is -2.22. The molecule has 18 heavy (non-hydrogen) atoms. The highest BCUT2D eigenvalue weighted by Gasteiger charge is 2.15. The molecule has 0 aliphatic carbocycles. The highest BCUT2D eigenvalue weighted by atomic mass is 79.9. The molecule has 2 rings (SSSR count). The van der Waals surface area contributed by atoms with Crippen molar-refractivity contribution in [1.29, 1.82) is 0 Å². The van der Waals surface area contributed by atoms with Crippen molar-refractivity contribution in [3.8, 4) is 0 Å². The van der Waals surface area contributed by atoms with Crippen LogP contribution in [0.2, 0.25) is 0 Å². The van der Waals surface area contributed by atoms with Gasteiger partial charge in [0.15, 0.2) is 0 Å². The number of halogens is 1. The number of rotatable bonds is 4.